The first-order chi connectivity index (χ1) is 8.27. The highest BCUT2D eigenvalue weighted by Gasteiger charge is 2.33. The van der Waals surface area contributed by atoms with E-state index < -0.39 is 0 Å². The SMILES string of the molecule is O=C1c2c(Br)noc2CCC1c1ccccc1. The lowest BCUT2D eigenvalue weighted by Crippen LogP contribution is -2.20. The fourth-order valence-corrected chi connectivity index (χ4v) is 2.78. The summed E-state index contributed by atoms with van der Waals surface area (Å²) >= 11 is 3.27. The molecular formula is C13H10BrNO2. The van der Waals surface area contributed by atoms with Gasteiger partial charge in [-0.15, -0.1) is 0 Å². The molecule has 0 bridgehead atoms. The molecule has 0 saturated heterocycles. The van der Waals surface area contributed by atoms with Crippen LogP contribution in [0.25, 0.3) is 0 Å². The number of nitrogens with zero attached hydrogens (tertiary/aromatic N) is 1. The van der Waals surface area contributed by atoms with Crippen molar-refractivity contribution in [2.75, 3.05) is 0 Å². The third kappa shape index (κ3) is 1.72. The van der Waals surface area contributed by atoms with Crippen molar-refractivity contribution in [2.45, 2.75) is 18.8 Å². The lowest BCUT2D eigenvalue weighted by molar-refractivity contribution is 0.0941. The van der Waals surface area contributed by atoms with E-state index in [1.165, 1.54) is 0 Å². The summed E-state index contributed by atoms with van der Waals surface area (Å²) in [5.74, 6) is 0.735. The van der Waals surface area contributed by atoms with Gasteiger partial charge in [-0.3, -0.25) is 4.79 Å². The predicted octanol–water partition coefficient (Wildman–Crippen LogP) is 3.35. The van der Waals surface area contributed by atoms with Crippen LogP contribution in [-0.2, 0) is 6.42 Å². The quantitative estimate of drug-likeness (QED) is 0.809. The van der Waals surface area contributed by atoms with Crippen LogP contribution >= 0.6 is 15.9 Å². The van der Waals surface area contributed by atoms with Crippen LogP contribution in [0.15, 0.2) is 39.5 Å². The summed E-state index contributed by atoms with van der Waals surface area (Å²) in [5, 5.41) is 3.80. The van der Waals surface area contributed by atoms with Crippen molar-refractivity contribution in [1.82, 2.24) is 5.16 Å². The molecular weight excluding hydrogens is 282 g/mol. The summed E-state index contributed by atoms with van der Waals surface area (Å²) in [6.45, 7) is 0. The molecule has 3 rings (SSSR count). The first-order valence-electron chi connectivity index (χ1n) is 5.50. The molecule has 0 saturated carbocycles. The molecule has 17 heavy (non-hydrogen) atoms. The number of hydrogen-bond donors (Lipinski definition) is 0. The summed E-state index contributed by atoms with van der Waals surface area (Å²) in [4.78, 5) is 12.4. The standard InChI is InChI=1S/C13H10BrNO2/c14-13-11-10(17-15-13)7-6-9(12(11)16)8-4-2-1-3-5-8/h1-5,9H,6-7H2. The van der Waals surface area contributed by atoms with Crippen LogP contribution in [0.5, 0.6) is 0 Å². The number of fused-ring (bicyclic) bond motifs is 1. The lowest BCUT2D eigenvalue weighted by atomic mass is 9.82. The third-order valence-electron chi connectivity index (χ3n) is 3.15. The zero-order valence-corrected chi connectivity index (χ0v) is 10.6. The summed E-state index contributed by atoms with van der Waals surface area (Å²) in [6.07, 6.45) is 1.55. The minimum absolute atomic E-state index is 0.0700. The maximum absolute atomic E-state index is 12.4. The first kappa shape index (κ1) is 10.7. The number of aryl methyl sites for hydroxylation is 1. The number of ketones is 1. The maximum atomic E-state index is 12.4. The first-order valence-corrected chi connectivity index (χ1v) is 6.30. The minimum atomic E-state index is -0.0700. The summed E-state index contributed by atoms with van der Waals surface area (Å²) in [7, 11) is 0. The van der Waals surface area contributed by atoms with Crippen molar-refractivity contribution < 1.29 is 9.32 Å². The van der Waals surface area contributed by atoms with Crippen LogP contribution in [0.4, 0.5) is 0 Å². The van der Waals surface area contributed by atoms with Crippen molar-refractivity contribution in [3.05, 3.63) is 51.8 Å². The summed E-state index contributed by atoms with van der Waals surface area (Å²) < 4.78 is 5.65. The van der Waals surface area contributed by atoms with E-state index in [4.69, 9.17) is 4.52 Å². The molecule has 1 heterocycles. The van der Waals surface area contributed by atoms with Crippen LogP contribution in [0.1, 0.15) is 34.0 Å². The molecule has 0 amide bonds. The molecule has 1 aromatic carbocycles. The van der Waals surface area contributed by atoms with Gasteiger partial charge >= 0.3 is 0 Å². The third-order valence-corrected chi connectivity index (χ3v) is 3.69. The Morgan fingerprint density at radius 1 is 1.29 bits per heavy atom. The Bertz CT molecular complexity index is 562. The Morgan fingerprint density at radius 3 is 2.82 bits per heavy atom. The van der Waals surface area contributed by atoms with E-state index in [0.29, 0.717) is 15.9 Å². The van der Waals surface area contributed by atoms with Gasteiger partial charge in [-0.25, -0.2) is 0 Å². The second kappa shape index (κ2) is 4.11. The van der Waals surface area contributed by atoms with Crippen molar-refractivity contribution in [3.8, 4) is 0 Å². The highest BCUT2D eigenvalue weighted by Crippen LogP contribution is 2.35. The molecule has 0 fully saturated rings. The molecule has 1 atom stereocenters. The van der Waals surface area contributed by atoms with Gasteiger partial charge in [0.15, 0.2) is 10.4 Å². The molecule has 1 unspecified atom stereocenters. The van der Waals surface area contributed by atoms with Crippen LogP contribution in [0.3, 0.4) is 0 Å². The fraction of sp³-hybridized carbons (Fsp3) is 0.231. The molecule has 1 aliphatic rings. The molecule has 0 N–H and O–H groups in total. The average molecular weight is 292 g/mol. The monoisotopic (exact) mass is 291 g/mol. The number of benzene rings is 1. The average Bonchev–Trinajstić information content (AvgIpc) is 2.73. The van der Waals surface area contributed by atoms with Crippen molar-refractivity contribution in [1.29, 1.82) is 0 Å². The normalized spacial score (nSPS) is 19.1. The van der Waals surface area contributed by atoms with Crippen molar-refractivity contribution >= 4 is 21.7 Å². The van der Waals surface area contributed by atoms with E-state index in [0.717, 1.165) is 18.4 Å². The van der Waals surface area contributed by atoms with Crippen LogP contribution in [-0.4, -0.2) is 10.9 Å². The molecule has 86 valence electrons. The van der Waals surface area contributed by atoms with Gasteiger partial charge in [-0.2, -0.15) is 0 Å². The summed E-state index contributed by atoms with van der Waals surface area (Å²) in [5.41, 5.74) is 1.68. The van der Waals surface area contributed by atoms with E-state index in [2.05, 4.69) is 21.1 Å². The van der Waals surface area contributed by atoms with Gasteiger partial charge in [-0.05, 0) is 27.9 Å². The maximum Gasteiger partial charge on any atom is 0.176 e. The van der Waals surface area contributed by atoms with Gasteiger partial charge in [-0.1, -0.05) is 35.5 Å². The van der Waals surface area contributed by atoms with Crippen LogP contribution in [0.2, 0.25) is 0 Å². The van der Waals surface area contributed by atoms with Crippen LogP contribution < -0.4 is 0 Å². The van der Waals surface area contributed by atoms with E-state index in [-0.39, 0.29) is 11.7 Å². The molecule has 4 heteroatoms. The van der Waals surface area contributed by atoms with Crippen molar-refractivity contribution in [3.63, 3.8) is 0 Å². The van der Waals surface area contributed by atoms with Gasteiger partial charge in [0.25, 0.3) is 0 Å². The zero-order chi connectivity index (χ0) is 11.8. The fourth-order valence-electron chi connectivity index (χ4n) is 2.30. The van der Waals surface area contributed by atoms with Gasteiger partial charge < -0.3 is 4.52 Å². The Hall–Kier alpha value is -1.42. The van der Waals surface area contributed by atoms with Crippen molar-refractivity contribution in [2.24, 2.45) is 0 Å². The molecule has 0 spiro atoms. The number of carbonyl (C=O) groups excluding carboxylic acids is 1. The zero-order valence-electron chi connectivity index (χ0n) is 9.02. The largest absolute Gasteiger partial charge is 0.359 e. The van der Waals surface area contributed by atoms with E-state index in [9.17, 15) is 4.79 Å². The van der Waals surface area contributed by atoms with Gasteiger partial charge in [0.2, 0.25) is 0 Å². The molecule has 0 radical (unpaired) electrons. The molecule has 1 aliphatic carbocycles. The van der Waals surface area contributed by atoms with E-state index in [1.807, 2.05) is 30.3 Å². The Labute approximate surface area is 107 Å². The van der Waals surface area contributed by atoms with E-state index in [1.54, 1.807) is 0 Å². The Morgan fingerprint density at radius 2 is 2.06 bits per heavy atom. The molecule has 2 aromatic rings. The van der Waals surface area contributed by atoms with E-state index >= 15 is 0 Å². The Kier molecular flexibility index (Phi) is 2.59. The summed E-state index contributed by atoms with van der Waals surface area (Å²) in [6, 6.07) is 9.86. The number of carbonyl (C=O) groups is 1. The number of rotatable bonds is 1. The Balaban J connectivity index is 2.02. The lowest BCUT2D eigenvalue weighted by Gasteiger charge is -2.19. The number of hydrogen-bond acceptors (Lipinski definition) is 3. The number of Topliss-reactive ketones (excluding diaryl/α,β-unsaturated/α-hetero) is 1. The second-order valence-electron chi connectivity index (χ2n) is 4.14. The van der Waals surface area contributed by atoms with Gasteiger partial charge in [0.1, 0.15) is 5.76 Å². The highest BCUT2D eigenvalue weighted by molar-refractivity contribution is 9.10. The second-order valence-corrected chi connectivity index (χ2v) is 4.89. The molecule has 3 nitrogen and oxygen atoms in total. The topological polar surface area (TPSA) is 43.1 Å². The minimum Gasteiger partial charge on any atom is -0.359 e. The van der Waals surface area contributed by atoms with Gasteiger partial charge in [0.05, 0.1) is 5.56 Å². The number of aromatic nitrogens is 1. The molecule has 1 aromatic heterocycles. The molecule has 0 aliphatic heterocycles. The highest BCUT2D eigenvalue weighted by atomic mass is 79.9. The number of halogens is 1. The smallest absolute Gasteiger partial charge is 0.176 e. The van der Waals surface area contributed by atoms with Gasteiger partial charge in [0, 0.05) is 12.3 Å². The predicted molar refractivity (Wildman–Crippen MR) is 66.0 cm³/mol. The van der Waals surface area contributed by atoms with Crippen LogP contribution in [0, 0.1) is 0 Å².